The van der Waals surface area contributed by atoms with Gasteiger partial charge >= 0.3 is 0 Å². The molecule has 1 unspecified atom stereocenters. The molecule has 0 bridgehead atoms. The molecule has 0 fully saturated rings. The third-order valence-electron chi connectivity index (χ3n) is 3.41. The average molecular weight is 256 g/mol. The smallest absolute Gasteiger partial charge is 0.268 e. The van der Waals surface area contributed by atoms with Crippen molar-refractivity contribution in [1.82, 2.24) is 9.88 Å². The van der Waals surface area contributed by atoms with E-state index in [4.69, 9.17) is 0 Å². The van der Waals surface area contributed by atoms with Crippen molar-refractivity contribution in [3.05, 3.63) is 59.4 Å². The maximum Gasteiger partial charge on any atom is 0.268 e. The van der Waals surface area contributed by atoms with Crippen LogP contribution in [0.2, 0.25) is 0 Å². The Balaban J connectivity index is 2.06. The molecule has 100 valence electrons. The number of rotatable bonds is 4. The van der Waals surface area contributed by atoms with Gasteiger partial charge in [-0.15, -0.1) is 0 Å². The third kappa shape index (κ3) is 3.05. The van der Waals surface area contributed by atoms with E-state index in [1.807, 2.05) is 36.9 Å². The number of amides is 1. The number of aryl methyl sites for hydroxylation is 2. The van der Waals surface area contributed by atoms with Crippen LogP contribution in [-0.4, -0.2) is 10.5 Å². The molecule has 1 aromatic heterocycles. The van der Waals surface area contributed by atoms with E-state index in [9.17, 15) is 4.79 Å². The molecule has 0 aliphatic carbocycles. The number of hydrogen-bond acceptors (Lipinski definition) is 1. The van der Waals surface area contributed by atoms with Crippen molar-refractivity contribution in [3.63, 3.8) is 0 Å². The van der Waals surface area contributed by atoms with Crippen molar-refractivity contribution in [2.75, 3.05) is 0 Å². The second kappa shape index (κ2) is 5.74. The molecule has 1 atom stereocenters. The number of carbonyl (C=O) groups excluding carboxylic acids is 1. The maximum atomic E-state index is 12.1. The van der Waals surface area contributed by atoms with Gasteiger partial charge in [0, 0.05) is 13.2 Å². The molecule has 2 rings (SSSR count). The van der Waals surface area contributed by atoms with Gasteiger partial charge in [0.2, 0.25) is 0 Å². The minimum atomic E-state index is -0.0421. The second-order valence-electron chi connectivity index (χ2n) is 4.79. The van der Waals surface area contributed by atoms with Gasteiger partial charge in [0.25, 0.3) is 5.91 Å². The van der Waals surface area contributed by atoms with Crippen LogP contribution in [0.15, 0.2) is 42.6 Å². The van der Waals surface area contributed by atoms with E-state index in [1.165, 1.54) is 5.56 Å². The summed E-state index contributed by atoms with van der Waals surface area (Å²) in [5, 5.41) is 3.02. The summed E-state index contributed by atoms with van der Waals surface area (Å²) in [5.41, 5.74) is 3.11. The lowest BCUT2D eigenvalue weighted by molar-refractivity contribution is 0.0931. The summed E-state index contributed by atoms with van der Waals surface area (Å²) in [6.07, 6.45) is 2.90. The molecule has 19 heavy (non-hydrogen) atoms. The fourth-order valence-electron chi connectivity index (χ4n) is 2.09. The molecule has 1 heterocycles. The van der Waals surface area contributed by atoms with Crippen molar-refractivity contribution in [3.8, 4) is 0 Å². The van der Waals surface area contributed by atoms with Crippen molar-refractivity contribution < 1.29 is 4.79 Å². The van der Waals surface area contributed by atoms with Gasteiger partial charge in [-0.1, -0.05) is 31.2 Å². The molecule has 0 aliphatic rings. The lowest BCUT2D eigenvalue weighted by atomic mass is 10.0. The van der Waals surface area contributed by atoms with Gasteiger partial charge < -0.3 is 9.88 Å². The van der Waals surface area contributed by atoms with E-state index in [-0.39, 0.29) is 11.9 Å². The number of nitrogens with one attached hydrogen (secondary N) is 1. The Morgan fingerprint density at radius 2 is 1.95 bits per heavy atom. The summed E-state index contributed by atoms with van der Waals surface area (Å²) in [5.74, 6) is -0.0421. The zero-order valence-corrected chi connectivity index (χ0v) is 11.7. The molecule has 1 aromatic carbocycles. The van der Waals surface area contributed by atoms with Gasteiger partial charge in [0.15, 0.2) is 0 Å². The van der Waals surface area contributed by atoms with Gasteiger partial charge in [-0.05, 0) is 36.6 Å². The van der Waals surface area contributed by atoms with Crippen molar-refractivity contribution in [2.24, 2.45) is 7.05 Å². The Kier molecular flexibility index (Phi) is 4.05. The fraction of sp³-hybridized carbons (Fsp3) is 0.312. The predicted octanol–water partition coefficient (Wildman–Crippen LogP) is 3.08. The number of aromatic nitrogens is 1. The molecule has 3 nitrogen and oxygen atoms in total. The summed E-state index contributed by atoms with van der Waals surface area (Å²) in [6, 6.07) is 12.1. The van der Waals surface area contributed by atoms with Gasteiger partial charge in [-0.3, -0.25) is 4.79 Å². The van der Waals surface area contributed by atoms with Crippen LogP contribution in [0, 0.1) is 0 Å². The normalized spacial score (nSPS) is 12.2. The standard InChI is InChI=1S/C16H20N2O/c1-4-13-7-9-14(10-8-13)12(2)17-16(19)15-6-5-11-18(15)3/h5-12H,4H2,1-3H3,(H,17,19). The van der Waals surface area contributed by atoms with Crippen LogP contribution < -0.4 is 5.32 Å². The largest absolute Gasteiger partial charge is 0.347 e. The van der Waals surface area contributed by atoms with Gasteiger partial charge in [-0.25, -0.2) is 0 Å². The van der Waals surface area contributed by atoms with Crippen LogP contribution in [-0.2, 0) is 13.5 Å². The molecule has 0 radical (unpaired) electrons. The van der Waals surface area contributed by atoms with Crippen LogP contribution in [0.25, 0.3) is 0 Å². The van der Waals surface area contributed by atoms with E-state index in [2.05, 4.69) is 36.5 Å². The number of nitrogens with zero attached hydrogens (tertiary/aromatic N) is 1. The van der Waals surface area contributed by atoms with E-state index in [1.54, 1.807) is 0 Å². The van der Waals surface area contributed by atoms with Crippen molar-refractivity contribution in [2.45, 2.75) is 26.3 Å². The Hall–Kier alpha value is -2.03. The Morgan fingerprint density at radius 3 is 2.47 bits per heavy atom. The summed E-state index contributed by atoms with van der Waals surface area (Å²) in [4.78, 5) is 12.1. The van der Waals surface area contributed by atoms with Crippen LogP contribution >= 0.6 is 0 Å². The highest BCUT2D eigenvalue weighted by molar-refractivity contribution is 5.92. The van der Waals surface area contributed by atoms with Gasteiger partial charge in [-0.2, -0.15) is 0 Å². The van der Waals surface area contributed by atoms with E-state index in [0.717, 1.165) is 12.0 Å². The average Bonchev–Trinajstić information content (AvgIpc) is 2.85. The monoisotopic (exact) mass is 256 g/mol. The first-order valence-electron chi connectivity index (χ1n) is 6.63. The second-order valence-corrected chi connectivity index (χ2v) is 4.79. The zero-order chi connectivity index (χ0) is 13.8. The Morgan fingerprint density at radius 1 is 1.26 bits per heavy atom. The predicted molar refractivity (Wildman–Crippen MR) is 77.1 cm³/mol. The number of carbonyl (C=O) groups is 1. The Labute approximate surface area is 114 Å². The first-order valence-corrected chi connectivity index (χ1v) is 6.63. The van der Waals surface area contributed by atoms with Crippen LogP contribution in [0.5, 0.6) is 0 Å². The summed E-state index contributed by atoms with van der Waals surface area (Å²) in [7, 11) is 1.87. The minimum absolute atomic E-state index is 0.00769. The summed E-state index contributed by atoms with van der Waals surface area (Å²) >= 11 is 0. The molecule has 0 saturated heterocycles. The molecular formula is C16H20N2O. The minimum Gasteiger partial charge on any atom is -0.347 e. The third-order valence-corrected chi connectivity index (χ3v) is 3.41. The quantitative estimate of drug-likeness (QED) is 0.896. The van der Waals surface area contributed by atoms with E-state index < -0.39 is 0 Å². The van der Waals surface area contributed by atoms with Crippen LogP contribution in [0.1, 0.15) is 41.5 Å². The SMILES string of the molecule is CCc1ccc(C(C)NC(=O)c2cccn2C)cc1. The molecule has 2 aromatic rings. The van der Waals surface area contributed by atoms with Gasteiger partial charge in [0.1, 0.15) is 5.69 Å². The summed E-state index contributed by atoms with van der Waals surface area (Å²) in [6.45, 7) is 4.14. The van der Waals surface area contributed by atoms with Gasteiger partial charge in [0.05, 0.1) is 6.04 Å². The molecule has 1 amide bonds. The first kappa shape index (κ1) is 13.4. The summed E-state index contributed by atoms with van der Waals surface area (Å²) < 4.78 is 1.82. The number of benzene rings is 1. The zero-order valence-electron chi connectivity index (χ0n) is 11.7. The molecule has 0 spiro atoms. The van der Waals surface area contributed by atoms with E-state index >= 15 is 0 Å². The topological polar surface area (TPSA) is 34.0 Å². The fourth-order valence-corrected chi connectivity index (χ4v) is 2.09. The highest BCUT2D eigenvalue weighted by Crippen LogP contribution is 2.14. The van der Waals surface area contributed by atoms with E-state index in [0.29, 0.717) is 5.69 Å². The molecule has 1 N–H and O–H groups in total. The van der Waals surface area contributed by atoms with Crippen molar-refractivity contribution >= 4 is 5.91 Å². The molecule has 0 saturated carbocycles. The molecular weight excluding hydrogens is 236 g/mol. The lowest BCUT2D eigenvalue weighted by Gasteiger charge is -2.15. The maximum absolute atomic E-state index is 12.1. The Bertz CT molecular complexity index is 554. The molecule has 3 heteroatoms. The first-order chi connectivity index (χ1) is 9.11. The van der Waals surface area contributed by atoms with Crippen LogP contribution in [0.4, 0.5) is 0 Å². The highest BCUT2D eigenvalue weighted by atomic mass is 16.2. The highest BCUT2D eigenvalue weighted by Gasteiger charge is 2.13. The molecule has 0 aliphatic heterocycles. The lowest BCUT2D eigenvalue weighted by Crippen LogP contribution is -2.28. The van der Waals surface area contributed by atoms with Crippen molar-refractivity contribution in [1.29, 1.82) is 0 Å². The van der Waals surface area contributed by atoms with Crippen LogP contribution in [0.3, 0.4) is 0 Å². The number of hydrogen-bond donors (Lipinski definition) is 1.